The number of nitrogens with zero attached hydrogens (tertiary/aromatic N) is 1. The molecule has 1 aliphatic rings. The van der Waals surface area contributed by atoms with Crippen molar-refractivity contribution < 1.29 is 4.79 Å². The van der Waals surface area contributed by atoms with Gasteiger partial charge in [0, 0.05) is 23.7 Å². The number of aromatic nitrogens is 2. The number of amides is 1. The Kier molecular flexibility index (Phi) is 3.78. The van der Waals surface area contributed by atoms with Gasteiger partial charge in [-0.05, 0) is 29.2 Å². The van der Waals surface area contributed by atoms with Gasteiger partial charge in [-0.3, -0.25) is 9.89 Å². The number of carbonyl (C=O) groups excluding carboxylic acids is 1. The molecular weight excluding hydrogens is 300 g/mol. The fourth-order valence-electron chi connectivity index (χ4n) is 3.33. The summed E-state index contributed by atoms with van der Waals surface area (Å²) in [5.74, 6) is 0.960. The van der Waals surface area contributed by atoms with Crippen LogP contribution < -0.4 is 11.1 Å². The minimum absolute atomic E-state index is 0.0605. The van der Waals surface area contributed by atoms with Crippen molar-refractivity contribution in [1.29, 1.82) is 0 Å². The molecule has 4 N–H and O–H groups in total. The average molecular weight is 320 g/mol. The molecule has 0 unspecified atom stereocenters. The predicted octanol–water partition coefficient (Wildman–Crippen LogP) is 2.95. The molecule has 1 aromatic heterocycles. The second kappa shape index (κ2) is 6.09. The lowest BCUT2D eigenvalue weighted by atomic mass is 9.79. The minimum Gasteiger partial charge on any atom is -0.328 e. The zero-order valence-corrected chi connectivity index (χ0v) is 13.3. The van der Waals surface area contributed by atoms with E-state index in [0.29, 0.717) is 24.2 Å². The van der Waals surface area contributed by atoms with Gasteiger partial charge in [0.1, 0.15) is 0 Å². The van der Waals surface area contributed by atoms with Crippen molar-refractivity contribution in [2.45, 2.75) is 31.2 Å². The molecule has 0 bridgehead atoms. The molecule has 0 atom stereocenters. The summed E-state index contributed by atoms with van der Waals surface area (Å²) in [4.78, 5) is 12.4. The van der Waals surface area contributed by atoms with E-state index < -0.39 is 0 Å². The first-order valence-electron chi connectivity index (χ1n) is 8.26. The molecule has 4 rings (SSSR count). The van der Waals surface area contributed by atoms with Crippen LogP contribution in [0.2, 0.25) is 0 Å². The molecule has 0 aliphatic heterocycles. The van der Waals surface area contributed by atoms with Gasteiger partial charge in [0.05, 0.1) is 6.42 Å². The first-order chi connectivity index (χ1) is 11.7. The SMILES string of the molecule is N[C@H]1C[C@@H](c2cc(NC(=O)Cc3cccc4ccccc34)n[nH]2)C1. The number of fused-ring (bicyclic) bond motifs is 1. The lowest BCUT2D eigenvalue weighted by molar-refractivity contribution is -0.115. The number of aromatic amines is 1. The number of nitrogens with one attached hydrogen (secondary N) is 2. The maximum Gasteiger partial charge on any atom is 0.230 e. The van der Waals surface area contributed by atoms with E-state index in [1.165, 1.54) is 0 Å². The Morgan fingerprint density at radius 3 is 2.83 bits per heavy atom. The average Bonchev–Trinajstić information content (AvgIpc) is 3.00. The van der Waals surface area contributed by atoms with Gasteiger partial charge >= 0.3 is 0 Å². The van der Waals surface area contributed by atoms with Crippen molar-refractivity contribution >= 4 is 22.5 Å². The normalized spacial score (nSPS) is 19.9. The van der Waals surface area contributed by atoms with Crippen molar-refractivity contribution in [3.63, 3.8) is 0 Å². The van der Waals surface area contributed by atoms with E-state index in [1.807, 2.05) is 36.4 Å². The number of anilines is 1. The van der Waals surface area contributed by atoms with Crippen LogP contribution >= 0.6 is 0 Å². The second-order valence-corrected chi connectivity index (χ2v) is 6.50. The number of carbonyl (C=O) groups is 1. The molecule has 5 nitrogen and oxygen atoms in total. The van der Waals surface area contributed by atoms with Crippen LogP contribution in [0.1, 0.15) is 30.0 Å². The third-order valence-electron chi connectivity index (χ3n) is 4.71. The third-order valence-corrected chi connectivity index (χ3v) is 4.71. The number of hydrogen-bond acceptors (Lipinski definition) is 3. The molecule has 2 aromatic carbocycles. The number of nitrogens with two attached hydrogens (primary N) is 1. The largest absolute Gasteiger partial charge is 0.328 e. The first-order valence-corrected chi connectivity index (χ1v) is 8.26. The second-order valence-electron chi connectivity index (χ2n) is 6.50. The highest BCUT2D eigenvalue weighted by molar-refractivity contribution is 5.95. The molecule has 1 amide bonds. The van der Waals surface area contributed by atoms with Crippen molar-refractivity contribution in [2.75, 3.05) is 5.32 Å². The van der Waals surface area contributed by atoms with Crippen LogP contribution in [0.15, 0.2) is 48.5 Å². The van der Waals surface area contributed by atoms with Crippen LogP contribution in [-0.2, 0) is 11.2 Å². The summed E-state index contributed by atoms with van der Waals surface area (Å²) in [7, 11) is 0. The Morgan fingerprint density at radius 1 is 1.21 bits per heavy atom. The Labute approximate surface area is 140 Å². The Hall–Kier alpha value is -2.66. The van der Waals surface area contributed by atoms with Crippen molar-refractivity contribution in [1.82, 2.24) is 10.2 Å². The lowest BCUT2D eigenvalue weighted by Gasteiger charge is -2.31. The zero-order chi connectivity index (χ0) is 16.5. The fourth-order valence-corrected chi connectivity index (χ4v) is 3.33. The van der Waals surface area contributed by atoms with E-state index in [4.69, 9.17) is 5.73 Å². The van der Waals surface area contributed by atoms with Crippen LogP contribution in [0.5, 0.6) is 0 Å². The van der Waals surface area contributed by atoms with E-state index in [9.17, 15) is 4.79 Å². The molecule has 1 heterocycles. The van der Waals surface area contributed by atoms with E-state index in [1.54, 1.807) is 0 Å². The van der Waals surface area contributed by atoms with Gasteiger partial charge in [0.2, 0.25) is 5.91 Å². The van der Waals surface area contributed by atoms with Crippen LogP contribution in [0.4, 0.5) is 5.82 Å². The summed E-state index contributed by atoms with van der Waals surface area (Å²) in [6, 6.07) is 16.3. The Morgan fingerprint density at radius 2 is 2.00 bits per heavy atom. The number of H-pyrrole nitrogens is 1. The van der Waals surface area contributed by atoms with Gasteiger partial charge in [-0.1, -0.05) is 42.5 Å². The minimum atomic E-state index is -0.0605. The molecule has 1 aliphatic carbocycles. The monoisotopic (exact) mass is 320 g/mol. The first kappa shape index (κ1) is 14.9. The molecule has 1 saturated carbocycles. The molecule has 0 saturated heterocycles. The van der Waals surface area contributed by atoms with Crippen LogP contribution in [0.3, 0.4) is 0 Å². The topological polar surface area (TPSA) is 83.8 Å². The van der Waals surface area contributed by atoms with E-state index in [0.717, 1.165) is 34.9 Å². The van der Waals surface area contributed by atoms with Gasteiger partial charge in [-0.15, -0.1) is 0 Å². The molecular formula is C19H20N4O. The molecule has 3 aromatic rings. The standard InChI is InChI=1S/C19H20N4O/c20-15-8-14(9-15)17-11-18(23-22-17)21-19(24)10-13-6-3-5-12-4-1-2-7-16(12)13/h1-7,11,14-15H,8-10,20H2,(H2,21,22,23,24)/t14-,15+. The van der Waals surface area contributed by atoms with E-state index >= 15 is 0 Å². The summed E-state index contributed by atoms with van der Waals surface area (Å²) < 4.78 is 0. The summed E-state index contributed by atoms with van der Waals surface area (Å²) in [6.45, 7) is 0. The van der Waals surface area contributed by atoms with Gasteiger partial charge in [-0.25, -0.2) is 0 Å². The number of hydrogen-bond donors (Lipinski definition) is 3. The number of benzene rings is 2. The van der Waals surface area contributed by atoms with Crippen LogP contribution in [0, 0.1) is 0 Å². The quantitative estimate of drug-likeness (QED) is 0.691. The third kappa shape index (κ3) is 2.90. The van der Waals surface area contributed by atoms with E-state index in [-0.39, 0.29) is 5.91 Å². The Bertz CT molecular complexity index is 874. The lowest BCUT2D eigenvalue weighted by Crippen LogP contribution is -2.34. The van der Waals surface area contributed by atoms with E-state index in [2.05, 4.69) is 27.6 Å². The van der Waals surface area contributed by atoms with Crippen LogP contribution in [-0.4, -0.2) is 22.1 Å². The fraction of sp³-hybridized carbons (Fsp3) is 0.263. The van der Waals surface area contributed by atoms with Gasteiger partial charge < -0.3 is 11.1 Å². The van der Waals surface area contributed by atoms with Gasteiger partial charge in [0.25, 0.3) is 0 Å². The highest BCUT2D eigenvalue weighted by Crippen LogP contribution is 2.35. The van der Waals surface area contributed by atoms with Crippen molar-refractivity contribution in [3.05, 3.63) is 59.8 Å². The maximum absolute atomic E-state index is 12.4. The number of rotatable bonds is 4. The highest BCUT2D eigenvalue weighted by atomic mass is 16.1. The molecule has 24 heavy (non-hydrogen) atoms. The summed E-state index contributed by atoms with van der Waals surface area (Å²) in [6.07, 6.45) is 2.29. The van der Waals surface area contributed by atoms with Crippen LogP contribution in [0.25, 0.3) is 10.8 Å². The smallest absolute Gasteiger partial charge is 0.230 e. The molecule has 0 spiro atoms. The molecule has 1 fully saturated rings. The predicted molar refractivity (Wildman–Crippen MR) is 94.8 cm³/mol. The summed E-state index contributed by atoms with van der Waals surface area (Å²) in [5, 5.41) is 12.3. The molecule has 0 radical (unpaired) electrons. The summed E-state index contributed by atoms with van der Waals surface area (Å²) >= 11 is 0. The maximum atomic E-state index is 12.4. The zero-order valence-electron chi connectivity index (χ0n) is 13.3. The molecule has 5 heteroatoms. The summed E-state index contributed by atoms with van der Waals surface area (Å²) in [5.41, 5.74) is 7.89. The molecule has 122 valence electrons. The van der Waals surface area contributed by atoms with Gasteiger partial charge in [-0.2, -0.15) is 5.10 Å². The van der Waals surface area contributed by atoms with Gasteiger partial charge in [0.15, 0.2) is 5.82 Å². The Balaban J connectivity index is 1.45. The highest BCUT2D eigenvalue weighted by Gasteiger charge is 2.28. The van der Waals surface area contributed by atoms with Crippen molar-refractivity contribution in [3.8, 4) is 0 Å². The van der Waals surface area contributed by atoms with Crippen molar-refractivity contribution in [2.24, 2.45) is 5.73 Å².